The number of ether oxygens (including phenoxy) is 1. The molecule has 0 atom stereocenters. The summed E-state index contributed by atoms with van der Waals surface area (Å²) in [5.74, 6) is 0. The Kier molecular flexibility index (Phi) is 5.49. The van der Waals surface area contributed by atoms with Crippen molar-refractivity contribution in [3.8, 4) is 17.2 Å². The van der Waals surface area contributed by atoms with Gasteiger partial charge in [-0.25, -0.2) is 9.97 Å². The summed E-state index contributed by atoms with van der Waals surface area (Å²) in [5, 5.41) is 15.6. The fourth-order valence-corrected chi connectivity index (χ4v) is 4.74. The van der Waals surface area contributed by atoms with Gasteiger partial charge in [-0.1, -0.05) is 19.6 Å². The third-order valence-corrected chi connectivity index (χ3v) is 7.52. The average molecular weight is 483 g/mol. The Labute approximate surface area is 184 Å². The molecular weight excluding hydrogens is 460 g/mol. The van der Waals surface area contributed by atoms with E-state index in [9.17, 15) is 5.26 Å². The smallest absolute Gasteiger partial charge is 0.155 e. The lowest BCUT2D eigenvalue weighted by Gasteiger charge is -2.16. The fourth-order valence-electron chi connectivity index (χ4n) is 3.38. The van der Waals surface area contributed by atoms with E-state index in [1.54, 1.807) is 10.9 Å². The number of hydrogen-bond donors (Lipinski definition) is 0. The Balaban J connectivity index is 1.84. The Bertz CT molecular complexity index is 1280. The molecule has 0 aromatic carbocycles. The van der Waals surface area contributed by atoms with Gasteiger partial charge in [-0.15, -0.1) is 0 Å². The minimum Gasteiger partial charge on any atom is -0.361 e. The highest BCUT2D eigenvalue weighted by Crippen LogP contribution is 2.36. The maximum Gasteiger partial charge on any atom is 0.155 e. The molecule has 4 aromatic heterocycles. The van der Waals surface area contributed by atoms with Gasteiger partial charge >= 0.3 is 0 Å². The van der Waals surface area contributed by atoms with Gasteiger partial charge in [-0.3, -0.25) is 9.25 Å². The first-order valence-corrected chi connectivity index (χ1v) is 14.2. The Morgan fingerprint density at radius 2 is 1.97 bits per heavy atom. The van der Waals surface area contributed by atoms with E-state index in [1.807, 2.05) is 30.2 Å². The first-order valence-electron chi connectivity index (χ1n) is 9.72. The summed E-state index contributed by atoms with van der Waals surface area (Å²) in [6.45, 7) is 8.12. The summed E-state index contributed by atoms with van der Waals surface area (Å²) < 4.78 is 10.5. The molecule has 154 valence electrons. The molecule has 0 amide bonds. The van der Waals surface area contributed by atoms with Crippen molar-refractivity contribution in [2.45, 2.75) is 32.4 Å². The van der Waals surface area contributed by atoms with Crippen LogP contribution in [0.25, 0.3) is 33.1 Å². The Hall–Kier alpha value is -2.54. The van der Waals surface area contributed by atoms with Gasteiger partial charge in [-0.2, -0.15) is 10.4 Å². The highest BCUT2D eigenvalue weighted by atomic mass is 79.9. The zero-order chi connectivity index (χ0) is 21.5. The third-order valence-electron chi connectivity index (χ3n) is 5.04. The Morgan fingerprint density at radius 3 is 2.63 bits per heavy atom. The minimum absolute atomic E-state index is 0.355. The predicted molar refractivity (Wildman–Crippen MR) is 124 cm³/mol. The number of nitrogens with zero attached hydrogens (tertiary/aromatic N) is 6. The molecule has 0 saturated heterocycles. The van der Waals surface area contributed by atoms with Crippen LogP contribution in [-0.2, 0) is 18.5 Å². The average Bonchev–Trinajstić information content (AvgIpc) is 3.26. The van der Waals surface area contributed by atoms with Gasteiger partial charge in [0.2, 0.25) is 0 Å². The molecule has 30 heavy (non-hydrogen) atoms. The van der Waals surface area contributed by atoms with Crippen LogP contribution in [0.15, 0.2) is 35.3 Å². The number of fused-ring (bicyclic) bond motifs is 3. The molecule has 0 N–H and O–H groups in total. The molecule has 0 radical (unpaired) electrons. The van der Waals surface area contributed by atoms with Crippen LogP contribution in [0.2, 0.25) is 25.7 Å². The quantitative estimate of drug-likeness (QED) is 0.287. The van der Waals surface area contributed by atoms with Crippen molar-refractivity contribution >= 4 is 45.9 Å². The summed E-state index contributed by atoms with van der Waals surface area (Å²) >= 11 is 3.59. The molecule has 0 spiro atoms. The van der Waals surface area contributed by atoms with Gasteiger partial charge in [0.25, 0.3) is 0 Å². The largest absolute Gasteiger partial charge is 0.361 e. The first kappa shape index (κ1) is 20.7. The lowest BCUT2D eigenvalue weighted by molar-refractivity contribution is 0.0925. The number of pyridine rings is 2. The molecular formula is C21H23BrN6OSi. The van der Waals surface area contributed by atoms with Gasteiger partial charge in [0.1, 0.15) is 18.4 Å². The normalized spacial score (nSPS) is 12.0. The summed E-state index contributed by atoms with van der Waals surface area (Å²) in [5.41, 5.74) is 4.01. The number of hydrogen-bond acceptors (Lipinski definition) is 5. The highest BCUT2D eigenvalue weighted by Gasteiger charge is 2.19. The molecule has 0 unspecified atom stereocenters. The van der Waals surface area contributed by atoms with Crippen molar-refractivity contribution in [1.82, 2.24) is 24.3 Å². The van der Waals surface area contributed by atoms with E-state index >= 15 is 0 Å². The molecule has 7 nitrogen and oxygen atoms in total. The molecule has 9 heteroatoms. The standard InChI is InChI=1S/C21H23BrN6OSi/c1-27-12-15(10-26-27)14-7-16-19-18(11-24-17(8-23)20(19)22)28(21(16)25-9-14)13-29-5-6-30(2,3)4/h7,9-12H,5-6,13H2,1-4H3. The molecule has 0 bridgehead atoms. The first-order chi connectivity index (χ1) is 14.3. The van der Waals surface area contributed by atoms with Crippen molar-refractivity contribution < 1.29 is 4.74 Å². The van der Waals surface area contributed by atoms with E-state index in [-0.39, 0.29) is 0 Å². The molecule has 0 aliphatic heterocycles. The van der Waals surface area contributed by atoms with Crippen molar-refractivity contribution in [2.24, 2.45) is 7.05 Å². The predicted octanol–water partition coefficient (Wildman–Crippen LogP) is 4.93. The topological polar surface area (TPSA) is 81.5 Å². The third kappa shape index (κ3) is 3.90. The minimum atomic E-state index is -1.16. The number of nitriles is 1. The van der Waals surface area contributed by atoms with Crippen molar-refractivity contribution in [1.29, 1.82) is 5.26 Å². The van der Waals surface area contributed by atoms with Crippen LogP contribution < -0.4 is 0 Å². The summed E-state index contributed by atoms with van der Waals surface area (Å²) in [4.78, 5) is 9.06. The monoisotopic (exact) mass is 482 g/mol. The van der Waals surface area contributed by atoms with Crippen molar-refractivity contribution in [3.63, 3.8) is 0 Å². The van der Waals surface area contributed by atoms with Gasteiger partial charge in [0.05, 0.1) is 22.4 Å². The van der Waals surface area contributed by atoms with Crippen molar-refractivity contribution in [2.75, 3.05) is 6.61 Å². The zero-order valence-electron chi connectivity index (χ0n) is 17.5. The summed E-state index contributed by atoms with van der Waals surface area (Å²) in [6, 6.07) is 5.34. The molecule has 0 fully saturated rings. The van der Waals surface area contributed by atoms with E-state index in [4.69, 9.17) is 9.72 Å². The van der Waals surface area contributed by atoms with Crippen LogP contribution in [0.1, 0.15) is 5.69 Å². The number of aromatic nitrogens is 5. The van der Waals surface area contributed by atoms with Crippen LogP contribution in [0, 0.1) is 11.3 Å². The van der Waals surface area contributed by atoms with Crippen molar-refractivity contribution in [3.05, 3.63) is 41.0 Å². The molecule has 0 aliphatic rings. The van der Waals surface area contributed by atoms with Crippen LogP contribution in [0.4, 0.5) is 0 Å². The van der Waals surface area contributed by atoms with Gasteiger partial charge in [0, 0.05) is 56.0 Å². The zero-order valence-corrected chi connectivity index (χ0v) is 20.1. The van der Waals surface area contributed by atoms with E-state index < -0.39 is 8.07 Å². The Morgan fingerprint density at radius 1 is 1.17 bits per heavy atom. The number of rotatable bonds is 6. The fraction of sp³-hybridized carbons (Fsp3) is 0.333. The molecule has 4 rings (SSSR count). The SMILES string of the molecule is Cn1cc(-c2cnc3c(c2)c2c(Br)c(C#N)ncc2n3COCC[Si](C)(C)C)cn1. The highest BCUT2D eigenvalue weighted by molar-refractivity contribution is 9.10. The maximum atomic E-state index is 9.44. The van der Waals surface area contributed by atoms with Crippen LogP contribution >= 0.6 is 15.9 Å². The van der Waals surface area contributed by atoms with E-state index in [2.05, 4.69) is 57.8 Å². The number of aryl methyl sites for hydroxylation is 1. The molecule has 0 saturated carbocycles. The summed E-state index contributed by atoms with van der Waals surface area (Å²) in [7, 11) is 0.725. The van der Waals surface area contributed by atoms with Crippen LogP contribution in [-0.4, -0.2) is 39.0 Å². The lowest BCUT2D eigenvalue weighted by atomic mass is 10.1. The van der Waals surface area contributed by atoms with E-state index in [1.165, 1.54) is 0 Å². The molecule has 0 aliphatic carbocycles. The van der Waals surface area contributed by atoms with Gasteiger partial charge in [0.15, 0.2) is 5.69 Å². The van der Waals surface area contributed by atoms with E-state index in [0.717, 1.165) is 45.7 Å². The maximum absolute atomic E-state index is 9.44. The molecule has 4 heterocycles. The second-order valence-electron chi connectivity index (χ2n) is 8.57. The van der Waals surface area contributed by atoms with Crippen LogP contribution in [0.3, 0.4) is 0 Å². The van der Waals surface area contributed by atoms with Crippen LogP contribution in [0.5, 0.6) is 0 Å². The summed E-state index contributed by atoms with van der Waals surface area (Å²) in [6.07, 6.45) is 7.35. The number of halogens is 1. The van der Waals surface area contributed by atoms with Gasteiger partial charge < -0.3 is 4.74 Å². The van der Waals surface area contributed by atoms with E-state index in [0.29, 0.717) is 16.9 Å². The van der Waals surface area contributed by atoms with Gasteiger partial charge in [-0.05, 0) is 28.0 Å². The second kappa shape index (κ2) is 7.94. The molecule has 4 aromatic rings. The lowest BCUT2D eigenvalue weighted by Crippen LogP contribution is -2.22. The second-order valence-corrected chi connectivity index (χ2v) is 15.0.